The quantitative estimate of drug-likeness (QED) is 0.662. The first kappa shape index (κ1) is 13.1. The van der Waals surface area contributed by atoms with Crippen LogP contribution in [0.25, 0.3) is 0 Å². The minimum atomic E-state index is 0.306. The van der Waals surface area contributed by atoms with E-state index in [1.807, 2.05) is 12.1 Å². The predicted octanol–water partition coefficient (Wildman–Crippen LogP) is 2.44. The van der Waals surface area contributed by atoms with Crippen molar-refractivity contribution in [3.63, 3.8) is 0 Å². The lowest BCUT2D eigenvalue weighted by Gasteiger charge is -2.09. The standard InChI is InChI=1S/C12H12ClN5O/c1-19-17-6-10-11(14)15-7-16-12(10)18-9-4-2-3-8(13)5-9/h2-7H,1H3,(H3,14,15,16,18). The smallest absolute Gasteiger partial charge is 0.144 e. The summed E-state index contributed by atoms with van der Waals surface area (Å²) in [5, 5.41) is 7.40. The van der Waals surface area contributed by atoms with Gasteiger partial charge in [-0.15, -0.1) is 0 Å². The number of nitrogen functional groups attached to an aromatic ring is 1. The van der Waals surface area contributed by atoms with Gasteiger partial charge in [0.25, 0.3) is 0 Å². The summed E-state index contributed by atoms with van der Waals surface area (Å²) in [7, 11) is 1.44. The monoisotopic (exact) mass is 277 g/mol. The molecule has 1 aromatic carbocycles. The molecule has 0 radical (unpaired) electrons. The van der Waals surface area contributed by atoms with Crippen LogP contribution in [0.15, 0.2) is 35.7 Å². The van der Waals surface area contributed by atoms with Crippen molar-refractivity contribution in [1.29, 1.82) is 0 Å². The highest BCUT2D eigenvalue weighted by molar-refractivity contribution is 6.30. The van der Waals surface area contributed by atoms with Crippen LogP contribution >= 0.6 is 11.6 Å². The summed E-state index contributed by atoms with van der Waals surface area (Å²) in [4.78, 5) is 12.7. The highest BCUT2D eigenvalue weighted by atomic mass is 35.5. The Bertz CT molecular complexity index is 602. The Labute approximate surface area is 115 Å². The number of hydrogen-bond acceptors (Lipinski definition) is 6. The zero-order chi connectivity index (χ0) is 13.7. The third-order valence-electron chi connectivity index (χ3n) is 2.29. The van der Waals surface area contributed by atoms with Crippen molar-refractivity contribution in [2.45, 2.75) is 0 Å². The maximum Gasteiger partial charge on any atom is 0.144 e. The van der Waals surface area contributed by atoms with Crippen LogP contribution in [-0.2, 0) is 4.84 Å². The summed E-state index contributed by atoms with van der Waals surface area (Å²) in [6.07, 6.45) is 2.81. The Morgan fingerprint density at radius 3 is 3.00 bits per heavy atom. The molecule has 3 N–H and O–H groups in total. The van der Waals surface area contributed by atoms with E-state index < -0.39 is 0 Å². The average molecular weight is 278 g/mol. The fourth-order valence-electron chi connectivity index (χ4n) is 1.44. The molecule has 0 fully saturated rings. The molecule has 0 atom stereocenters. The largest absolute Gasteiger partial charge is 0.399 e. The van der Waals surface area contributed by atoms with Crippen molar-refractivity contribution in [2.24, 2.45) is 5.16 Å². The van der Waals surface area contributed by atoms with Gasteiger partial charge in [-0.3, -0.25) is 0 Å². The van der Waals surface area contributed by atoms with Crippen molar-refractivity contribution >= 4 is 35.1 Å². The van der Waals surface area contributed by atoms with Crippen LogP contribution in [0.1, 0.15) is 5.56 Å². The Hall–Kier alpha value is -2.34. The van der Waals surface area contributed by atoms with Gasteiger partial charge in [0, 0.05) is 10.7 Å². The predicted molar refractivity (Wildman–Crippen MR) is 75.8 cm³/mol. The minimum Gasteiger partial charge on any atom is -0.399 e. The lowest BCUT2D eigenvalue weighted by molar-refractivity contribution is 0.215. The lowest BCUT2D eigenvalue weighted by atomic mass is 10.2. The minimum absolute atomic E-state index is 0.306. The van der Waals surface area contributed by atoms with Gasteiger partial charge in [-0.25, -0.2) is 9.97 Å². The zero-order valence-electron chi connectivity index (χ0n) is 10.2. The fourth-order valence-corrected chi connectivity index (χ4v) is 1.63. The molecule has 0 aliphatic rings. The highest BCUT2D eigenvalue weighted by Gasteiger charge is 2.07. The van der Waals surface area contributed by atoms with Crippen LogP contribution in [0.2, 0.25) is 5.02 Å². The first-order chi connectivity index (χ1) is 9.20. The number of nitrogens with two attached hydrogens (primary N) is 1. The normalized spacial score (nSPS) is 10.6. The molecule has 0 aliphatic carbocycles. The number of rotatable bonds is 4. The van der Waals surface area contributed by atoms with Gasteiger partial charge < -0.3 is 15.9 Å². The summed E-state index contributed by atoms with van der Waals surface area (Å²) >= 11 is 5.92. The SMILES string of the molecule is CON=Cc1c(N)ncnc1Nc1cccc(Cl)c1. The number of halogens is 1. The Balaban J connectivity index is 2.34. The number of oxime groups is 1. The number of nitrogens with zero attached hydrogens (tertiary/aromatic N) is 3. The van der Waals surface area contributed by atoms with Crippen LogP contribution < -0.4 is 11.1 Å². The lowest BCUT2D eigenvalue weighted by Crippen LogP contribution is -2.04. The average Bonchev–Trinajstić information content (AvgIpc) is 2.38. The molecule has 19 heavy (non-hydrogen) atoms. The van der Waals surface area contributed by atoms with Crippen LogP contribution in [0.4, 0.5) is 17.3 Å². The van der Waals surface area contributed by atoms with Gasteiger partial charge in [-0.2, -0.15) is 0 Å². The van der Waals surface area contributed by atoms with E-state index in [4.69, 9.17) is 17.3 Å². The first-order valence-electron chi connectivity index (χ1n) is 5.40. The van der Waals surface area contributed by atoms with Gasteiger partial charge in [0.2, 0.25) is 0 Å². The van der Waals surface area contributed by atoms with E-state index in [-0.39, 0.29) is 0 Å². The maximum absolute atomic E-state index is 5.92. The molecular weight excluding hydrogens is 266 g/mol. The van der Waals surface area contributed by atoms with Crippen molar-refractivity contribution in [3.8, 4) is 0 Å². The number of hydrogen-bond donors (Lipinski definition) is 2. The Morgan fingerprint density at radius 2 is 2.26 bits per heavy atom. The molecule has 0 unspecified atom stereocenters. The molecule has 0 amide bonds. The van der Waals surface area contributed by atoms with Gasteiger partial charge >= 0.3 is 0 Å². The first-order valence-corrected chi connectivity index (χ1v) is 5.78. The molecule has 0 saturated heterocycles. The molecule has 1 heterocycles. The van der Waals surface area contributed by atoms with E-state index in [0.29, 0.717) is 22.2 Å². The van der Waals surface area contributed by atoms with Crippen LogP contribution in [0.5, 0.6) is 0 Å². The summed E-state index contributed by atoms with van der Waals surface area (Å²) in [5.74, 6) is 0.830. The Kier molecular flexibility index (Phi) is 4.15. The molecule has 2 aromatic rings. The number of benzene rings is 1. The van der Waals surface area contributed by atoms with Gasteiger partial charge in [-0.1, -0.05) is 22.8 Å². The maximum atomic E-state index is 5.92. The molecule has 0 saturated carbocycles. The van der Waals surface area contributed by atoms with Gasteiger partial charge in [0.1, 0.15) is 25.1 Å². The third kappa shape index (κ3) is 3.32. The number of anilines is 3. The van der Waals surface area contributed by atoms with E-state index in [9.17, 15) is 0 Å². The molecule has 98 valence electrons. The molecule has 0 aliphatic heterocycles. The summed E-state index contributed by atoms with van der Waals surface area (Å²) in [6.45, 7) is 0. The van der Waals surface area contributed by atoms with Crippen molar-refractivity contribution in [3.05, 3.63) is 41.2 Å². The molecule has 2 rings (SSSR count). The summed E-state index contributed by atoms with van der Waals surface area (Å²) in [6, 6.07) is 7.25. The molecule has 6 nitrogen and oxygen atoms in total. The number of nitrogens with one attached hydrogen (secondary N) is 1. The second-order valence-corrected chi connectivity index (χ2v) is 4.01. The van der Waals surface area contributed by atoms with Crippen LogP contribution in [0.3, 0.4) is 0 Å². The summed E-state index contributed by atoms with van der Waals surface area (Å²) < 4.78 is 0. The van der Waals surface area contributed by atoms with Gasteiger partial charge in [-0.05, 0) is 18.2 Å². The topological polar surface area (TPSA) is 85.4 Å². The molecular formula is C12H12ClN5O. The van der Waals surface area contributed by atoms with Gasteiger partial charge in [0.05, 0.1) is 11.8 Å². The van der Waals surface area contributed by atoms with Crippen molar-refractivity contribution in [1.82, 2.24) is 9.97 Å². The van der Waals surface area contributed by atoms with E-state index in [2.05, 4.69) is 25.3 Å². The van der Waals surface area contributed by atoms with E-state index in [0.717, 1.165) is 5.69 Å². The van der Waals surface area contributed by atoms with Crippen LogP contribution in [0, 0.1) is 0 Å². The van der Waals surface area contributed by atoms with Crippen molar-refractivity contribution < 1.29 is 4.84 Å². The molecule has 1 aromatic heterocycles. The Morgan fingerprint density at radius 1 is 1.42 bits per heavy atom. The second-order valence-electron chi connectivity index (χ2n) is 3.57. The van der Waals surface area contributed by atoms with Gasteiger partial charge in [0.15, 0.2) is 0 Å². The van der Waals surface area contributed by atoms with E-state index in [1.165, 1.54) is 19.7 Å². The highest BCUT2D eigenvalue weighted by Crippen LogP contribution is 2.22. The second kappa shape index (κ2) is 6.01. The fraction of sp³-hybridized carbons (Fsp3) is 0.0833. The molecule has 0 spiro atoms. The van der Waals surface area contributed by atoms with Crippen molar-refractivity contribution in [2.75, 3.05) is 18.2 Å². The third-order valence-corrected chi connectivity index (χ3v) is 2.52. The molecule has 7 heteroatoms. The zero-order valence-corrected chi connectivity index (χ0v) is 10.9. The van der Waals surface area contributed by atoms with E-state index >= 15 is 0 Å². The summed E-state index contributed by atoms with van der Waals surface area (Å²) in [5.41, 5.74) is 7.12. The van der Waals surface area contributed by atoms with Crippen LogP contribution in [-0.4, -0.2) is 23.3 Å². The van der Waals surface area contributed by atoms with E-state index in [1.54, 1.807) is 12.1 Å². The number of aromatic nitrogens is 2. The molecule has 0 bridgehead atoms.